The first-order valence-corrected chi connectivity index (χ1v) is 13.0. The summed E-state index contributed by atoms with van der Waals surface area (Å²) in [5.74, 6) is -0.130. The predicted octanol–water partition coefficient (Wildman–Crippen LogP) is 4.24. The van der Waals surface area contributed by atoms with Gasteiger partial charge in [-0.05, 0) is 68.2 Å². The van der Waals surface area contributed by atoms with Crippen molar-refractivity contribution in [2.45, 2.75) is 57.7 Å². The molecule has 4 aliphatic rings. The van der Waals surface area contributed by atoms with Crippen LogP contribution in [0, 0.1) is 28.6 Å². The number of aromatic nitrogens is 1. The van der Waals surface area contributed by atoms with E-state index in [-0.39, 0.29) is 29.0 Å². The van der Waals surface area contributed by atoms with Crippen LogP contribution in [-0.2, 0) is 9.59 Å². The summed E-state index contributed by atoms with van der Waals surface area (Å²) in [5.41, 5.74) is -0.747. The topological polar surface area (TPSA) is 99.5 Å². The molecule has 3 fully saturated rings. The van der Waals surface area contributed by atoms with Crippen molar-refractivity contribution in [3.63, 3.8) is 0 Å². The van der Waals surface area contributed by atoms with E-state index in [1.54, 1.807) is 12.2 Å². The van der Waals surface area contributed by atoms with Gasteiger partial charge in [0.15, 0.2) is 10.9 Å². The van der Waals surface area contributed by atoms with Crippen LogP contribution in [0.25, 0.3) is 10.2 Å². The molecule has 6 rings (SSSR count). The zero-order chi connectivity index (χ0) is 23.9. The van der Waals surface area contributed by atoms with Crippen LogP contribution in [0.2, 0.25) is 0 Å². The van der Waals surface area contributed by atoms with Crippen LogP contribution < -0.4 is 5.32 Å². The number of hydrogen-bond acceptors (Lipinski definition) is 6. The highest BCUT2D eigenvalue weighted by Gasteiger charge is 2.68. The number of carbonyl (C=O) groups is 2. The van der Waals surface area contributed by atoms with E-state index in [0.29, 0.717) is 18.0 Å². The maximum atomic E-state index is 13.5. The van der Waals surface area contributed by atoms with Gasteiger partial charge in [-0.15, -0.1) is 0 Å². The van der Waals surface area contributed by atoms with E-state index in [0.717, 1.165) is 35.1 Å². The maximum Gasteiger partial charge on any atom is 0.258 e. The molecule has 1 amide bonds. The lowest BCUT2D eigenvalue weighted by atomic mass is 9.46. The summed E-state index contributed by atoms with van der Waals surface area (Å²) in [7, 11) is 0. The Morgan fingerprint density at radius 1 is 1.24 bits per heavy atom. The summed E-state index contributed by atoms with van der Waals surface area (Å²) in [6.07, 6.45) is 7.82. The number of anilines is 1. The third-order valence-corrected chi connectivity index (χ3v) is 10.5. The molecule has 6 unspecified atom stereocenters. The number of aliphatic hydroxyl groups excluding tert-OH is 1. The van der Waals surface area contributed by atoms with Gasteiger partial charge in [-0.25, -0.2) is 4.98 Å². The Morgan fingerprint density at radius 3 is 2.82 bits per heavy atom. The normalized spacial score (nSPS) is 40.9. The van der Waals surface area contributed by atoms with Gasteiger partial charge in [0, 0.05) is 16.7 Å². The van der Waals surface area contributed by atoms with Gasteiger partial charge in [-0.3, -0.25) is 14.9 Å². The first-order valence-electron chi connectivity index (χ1n) is 12.2. The number of thiazole rings is 1. The van der Waals surface area contributed by atoms with Gasteiger partial charge in [0.2, 0.25) is 0 Å². The van der Waals surface area contributed by atoms with Crippen LogP contribution in [0.1, 0.15) is 46.0 Å². The molecule has 0 aliphatic heterocycles. The van der Waals surface area contributed by atoms with Crippen molar-refractivity contribution >= 4 is 38.4 Å². The van der Waals surface area contributed by atoms with E-state index in [2.05, 4.69) is 17.2 Å². The number of aliphatic hydroxyl groups is 2. The van der Waals surface area contributed by atoms with Crippen molar-refractivity contribution in [1.82, 2.24) is 4.98 Å². The zero-order valence-electron chi connectivity index (χ0n) is 19.5. The third kappa shape index (κ3) is 2.90. The lowest BCUT2D eigenvalue weighted by Gasteiger charge is -2.59. The predicted molar refractivity (Wildman–Crippen MR) is 131 cm³/mol. The molecule has 7 atom stereocenters. The standard InChI is InChI=1S/C27H30N2O4S/c1-25-11-9-16(30)13-15(25)7-8-17-18-10-12-27(33,26(18,2)14-20(31)22(17)25)23(32)29-24-28-19-5-3-4-6-21(19)34-24/h3-6,9,11,13,17-18,20,22,31,33H,7-8,10,12,14H2,1-2H3,(H,28,29,32)/t17?,18?,20?,22?,25?,26?,27-/m0/s1. The Bertz CT molecular complexity index is 1230. The molecular weight excluding hydrogens is 448 g/mol. The average Bonchev–Trinajstić information content (AvgIpc) is 3.32. The molecule has 0 spiro atoms. The summed E-state index contributed by atoms with van der Waals surface area (Å²) < 4.78 is 0.981. The number of rotatable bonds is 2. The monoisotopic (exact) mass is 478 g/mol. The Labute approximate surface area is 202 Å². The fraction of sp³-hybridized carbons (Fsp3) is 0.519. The van der Waals surface area contributed by atoms with Gasteiger partial charge in [0.1, 0.15) is 5.60 Å². The summed E-state index contributed by atoms with van der Waals surface area (Å²) >= 11 is 1.40. The van der Waals surface area contributed by atoms with E-state index in [1.807, 2.05) is 37.3 Å². The maximum absolute atomic E-state index is 13.5. The molecule has 0 radical (unpaired) electrons. The smallest absolute Gasteiger partial charge is 0.258 e. The van der Waals surface area contributed by atoms with Crippen LogP contribution in [0.15, 0.2) is 48.1 Å². The van der Waals surface area contributed by atoms with Gasteiger partial charge >= 0.3 is 0 Å². The number of carbonyl (C=O) groups excluding carboxylic acids is 2. The van der Waals surface area contributed by atoms with E-state index in [9.17, 15) is 19.8 Å². The van der Waals surface area contributed by atoms with E-state index in [1.165, 1.54) is 11.3 Å². The van der Waals surface area contributed by atoms with E-state index in [4.69, 9.17) is 0 Å². The molecule has 6 nitrogen and oxygen atoms in total. The highest BCUT2D eigenvalue weighted by molar-refractivity contribution is 7.22. The van der Waals surface area contributed by atoms with Crippen molar-refractivity contribution in [2.75, 3.05) is 5.32 Å². The van der Waals surface area contributed by atoms with Gasteiger partial charge in [-0.1, -0.05) is 49.0 Å². The summed E-state index contributed by atoms with van der Waals surface area (Å²) in [6.45, 7) is 4.11. The van der Waals surface area contributed by atoms with Crippen LogP contribution in [0.4, 0.5) is 5.13 Å². The summed E-state index contributed by atoms with van der Waals surface area (Å²) in [4.78, 5) is 30.0. The van der Waals surface area contributed by atoms with Gasteiger partial charge in [-0.2, -0.15) is 0 Å². The highest BCUT2D eigenvalue weighted by Crippen LogP contribution is 2.67. The fourth-order valence-corrected chi connectivity index (χ4v) is 8.69. The molecule has 178 valence electrons. The van der Waals surface area contributed by atoms with Gasteiger partial charge in [0.05, 0.1) is 16.3 Å². The molecule has 4 aliphatic carbocycles. The van der Waals surface area contributed by atoms with Crippen LogP contribution in [0.5, 0.6) is 0 Å². The molecule has 3 saturated carbocycles. The van der Waals surface area contributed by atoms with Gasteiger partial charge < -0.3 is 10.2 Å². The zero-order valence-corrected chi connectivity index (χ0v) is 20.3. The van der Waals surface area contributed by atoms with Crippen molar-refractivity contribution in [1.29, 1.82) is 0 Å². The molecule has 34 heavy (non-hydrogen) atoms. The van der Waals surface area contributed by atoms with Crippen molar-refractivity contribution in [3.8, 4) is 0 Å². The molecule has 2 aromatic rings. The summed E-state index contributed by atoms with van der Waals surface area (Å²) in [5, 5.41) is 26.7. The second kappa shape index (κ2) is 7.33. The summed E-state index contributed by atoms with van der Waals surface area (Å²) in [6, 6.07) is 7.71. The number of hydrogen-bond donors (Lipinski definition) is 3. The lowest BCUT2D eigenvalue weighted by Crippen LogP contribution is -2.62. The molecule has 1 aromatic heterocycles. The number of fused-ring (bicyclic) bond motifs is 6. The third-order valence-electron chi connectivity index (χ3n) is 9.54. The average molecular weight is 479 g/mol. The SMILES string of the molecule is CC12C=CC(=O)C=C1CCC1C2C(O)CC2(C)C1CC[C@]2(O)C(=O)Nc1nc2ccccc2s1. The number of allylic oxidation sites excluding steroid dienone is 4. The number of amides is 1. The Kier molecular flexibility index (Phi) is 4.77. The van der Waals surface area contributed by atoms with Crippen LogP contribution in [0.3, 0.4) is 0 Å². The minimum Gasteiger partial charge on any atom is -0.393 e. The number of para-hydroxylation sites is 1. The second-order valence-electron chi connectivity index (χ2n) is 11.1. The molecule has 7 heteroatoms. The first kappa shape index (κ1) is 22.1. The largest absolute Gasteiger partial charge is 0.393 e. The fourth-order valence-electron chi connectivity index (χ4n) is 7.83. The Hall–Kier alpha value is -2.35. The molecular formula is C27H30N2O4S. The van der Waals surface area contributed by atoms with Crippen molar-refractivity contribution in [2.24, 2.45) is 28.6 Å². The van der Waals surface area contributed by atoms with Crippen molar-refractivity contribution in [3.05, 3.63) is 48.1 Å². The lowest BCUT2D eigenvalue weighted by molar-refractivity contribution is -0.174. The molecule has 0 bridgehead atoms. The Balaban J connectivity index is 1.31. The van der Waals surface area contributed by atoms with E-state index >= 15 is 0 Å². The molecule has 3 N–H and O–H groups in total. The number of nitrogens with one attached hydrogen (secondary N) is 1. The van der Waals surface area contributed by atoms with E-state index < -0.39 is 23.0 Å². The van der Waals surface area contributed by atoms with Crippen LogP contribution >= 0.6 is 11.3 Å². The van der Waals surface area contributed by atoms with Crippen molar-refractivity contribution < 1.29 is 19.8 Å². The minimum absolute atomic E-state index is 0.0165. The second-order valence-corrected chi connectivity index (χ2v) is 12.1. The highest BCUT2D eigenvalue weighted by atomic mass is 32.1. The number of nitrogens with zero attached hydrogens (tertiary/aromatic N) is 1. The molecule has 0 saturated heterocycles. The van der Waals surface area contributed by atoms with Crippen LogP contribution in [-0.4, -0.2) is 38.6 Å². The molecule has 1 heterocycles. The first-order chi connectivity index (χ1) is 16.2. The quantitative estimate of drug-likeness (QED) is 0.599. The minimum atomic E-state index is -1.57. The number of ketones is 1. The Morgan fingerprint density at radius 2 is 2.03 bits per heavy atom. The molecule has 1 aromatic carbocycles. The van der Waals surface area contributed by atoms with Gasteiger partial charge in [0.25, 0.3) is 5.91 Å². The number of benzene rings is 1.